The number of benzene rings is 2. The van der Waals surface area contributed by atoms with E-state index in [4.69, 9.17) is 14.6 Å². The third-order valence-corrected chi connectivity index (χ3v) is 3.61. The van der Waals surface area contributed by atoms with Gasteiger partial charge >= 0.3 is 5.97 Å². The number of nitrogens with one attached hydrogen (secondary N) is 1. The molecule has 0 aliphatic rings. The highest BCUT2D eigenvalue weighted by atomic mass is 16.6. The topological polar surface area (TPSA) is 128 Å². The van der Waals surface area contributed by atoms with E-state index in [2.05, 4.69) is 5.32 Å². The fourth-order valence-electron chi connectivity index (χ4n) is 2.29. The van der Waals surface area contributed by atoms with Gasteiger partial charge in [0.1, 0.15) is 5.56 Å². The predicted molar refractivity (Wildman–Crippen MR) is 95.5 cm³/mol. The van der Waals surface area contributed by atoms with Crippen molar-refractivity contribution in [3.8, 4) is 11.5 Å². The highest BCUT2D eigenvalue weighted by Crippen LogP contribution is 2.34. The summed E-state index contributed by atoms with van der Waals surface area (Å²) in [5.41, 5.74) is -0.531. The van der Waals surface area contributed by atoms with Crippen molar-refractivity contribution in [1.82, 2.24) is 5.32 Å². The van der Waals surface area contributed by atoms with Gasteiger partial charge in [-0.3, -0.25) is 14.9 Å². The lowest BCUT2D eigenvalue weighted by molar-refractivity contribution is -0.385. The first kappa shape index (κ1) is 19.7. The average molecular weight is 374 g/mol. The van der Waals surface area contributed by atoms with Crippen molar-refractivity contribution >= 4 is 17.6 Å². The van der Waals surface area contributed by atoms with E-state index in [0.717, 1.165) is 12.1 Å². The van der Waals surface area contributed by atoms with Gasteiger partial charge in [0, 0.05) is 18.2 Å². The van der Waals surface area contributed by atoms with Gasteiger partial charge in [-0.1, -0.05) is 18.2 Å². The molecule has 9 nitrogen and oxygen atoms in total. The van der Waals surface area contributed by atoms with Crippen LogP contribution in [0.1, 0.15) is 27.1 Å². The van der Waals surface area contributed by atoms with Gasteiger partial charge in [0.05, 0.1) is 24.7 Å². The lowest BCUT2D eigenvalue weighted by Gasteiger charge is -2.12. The standard InChI is InChI=1S/C18H18N2O7/c1-26-15-11-14(20(24)25)13(18(22)23)10-16(15)27-9-5-8-19-17(21)12-6-3-2-4-7-12/h2-4,6-7,10-11H,5,8-9H2,1H3,(H,19,21)(H,22,23). The molecule has 0 radical (unpaired) electrons. The number of hydrogen-bond donors (Lipinski definition) is 2. The summed E-state index contributed by atoms with van der Waals surface area (Å²) in [4.78, 5) is 33.3. The van der Waals surface area contributed by atoms with Crippen molar-refractivity contribution in [1.29, 1.82) is 0 Å². The molecule has 0 saturated carbocycles. The number of ether oxygens (including phenoxy) is 2. The van der Waals surface area contributed by atoms with Crippen LogP contribution in [0.3, 0.4) is 0 Å². The van der Waals surface area contributed by atoms with E-state index in [1.807, 2.05) is 6.07 Å². The van der Waals surface area contributed by atoms with Crippen LogP contribution in [0, 0.1) is 10.1 Å². The number of hydrogen-bond acceptors (Lipinski definition) is 6. The molecule has 9 heteroatoms. The van der Waals surface area contributed by atoms with Gasteiger partial charge in [-0.25, -0.2) is 4.79 Å². The maximum absolute atomic E-state index is 11.9. The first-order chi connectivity index (χ1) is 12.9. The van der Waals surface area contributed by atoms with Crippen LogP contribution in [0.5, 0.6) is 11.5 Å². The lowest BCUT2D eigenvalue weighted by atomic mass is 10.1. The predicted octanol–water partition coefficient (Wildman–Crippen LogP) is 2.50. The number of carboxylic acids is 1. The molecule has 0 saturated heterocycles. The van der Waals surface area contributed by atoms with E-state index >= 15 is 0 Å². The molecule has 2 aromatic carbocycles. The van der Waals surface area contributed by atoms with Crippen LogP contribution in [0.15, 0.2) is 42.5 Å². The van der Waals surface area contributed by atoms with Crippen LogP contribution >= 0.6 is 0 Å². The Morgan fingerprint density at radius 3 is 2.48 bits per heavy atom. The van der Waals surface area contributed by atoms with Gasteiger partial charge in [0.15, 0.2) is 11.5 Å². The summed E-state index contributed by atoms with van der Waals surface area (Å²) < 4.78 is 10.5. The highest BCUT2D eigenvalue weighted by molar-refractivity contribution is 5.94. The first-order valence-electron chi connectivity index (χ1n) is 7.99. The molecule has 0 unspecified atom stereocenters. The second kappa shape index (κ2) is 9.18. The number of carbonyl (C=O) groups excluding carboxylic acids is 1. The summed E-state index contributed by atoms with van der Waals surface area (Å²) in [6.07, 6.45) is 0.446. The monoisotopic (exact) mass is 374 g/mol. The van der Waals surface area contributed by atoms with Crippen LogP contribution in [0.2, 0.25) is 0 Å². The summed E-state index contributed by atoms with van der Waals surface area (Å²) in [6.45, 7) is 0.497. The number of carboxylic acid groups (broad SMARTS) is 1. The smallest absolute Gasteiger partial charge is 0.342 e. The van der Waals surface area contributed by atoms with E-state index in [-0.39, 0.29) is 24.0 Å². The van der Waals surface area contributed by atoms with Gasteiger partial charge in [-0.2, -0.15) is 0 Å². The molecule has 2 aromatic rings. The molecule has 0 spiro atoms. The fraction of sp³-hybridized carbons (Fsp3) is 0.222. The number of nitro groups is 1. The van der Waals surface area contributed by atoms with Crippen molar-refractivity contribution in [3.05, 3.63) is 63.7 Å². The Balaban J connectivity index is 1.95. The molecular weight excluding hydrogens is 356 g/mol. The third-order valence-electron chi connectivity index (χ3n) is 3.61. The van der Waals surface area contributed by atoms with Crippen LogP contribution in [-0.4, -0.2) is 42.2 Å². The zero-order valence-electron chi connectivity index (χ0n) is 14.5. The summed E-state index contributed by atoms with van der Waals surface area (Å²) in [6, 6.07) is 10.8. The van der Waals surface area contributed by atoms with Crippen molar-refractivity contribution in [3.63, 3.8) is 0 Å². The maximum atomic E-state index is 11.9. The largest absolute Gasteiger partial charge is 0.493 e. The Morgan fingerprint density at radius 1 is 1.19 bits per heavy atom. The van der Waals surface area contributed by atoms with Gasteiger partial charge < -0.3 is 19.9 Å². The summed E-state index contributed by atoms with van der Waals surface area (Å²) >= 11 is 0. The minimum absolute atomic E-state index is 0.0556. The molecule has 142 valence electrons. The Hall–Kier alpha value is -3.62. The molecule has 1 amide bonds. The Kier molecular flexibility index (Phi) is 6.70. The Labute approximate surface area is 154 Å². The number of carbonyl (C=O) groups is 2. The van der Waals surface area contributed by atoms with E-state index in [1.165, 1.54) is 7.11 Å². The molecule has 0 aromatic heterocycles. The van der Waals surface area contributed by atoms with Crippen molar-refractivity contribution in [2.75, 3.05) is 20.3 Å². The van der Waals surface area contributed by atoms with E-state index in [9.17, 15) is 19.7 Å². The molecule has 2 rings (SSSR count). The molecule has 0 aliphatic heterocycles. The molecule has 0 atom stereocenters. The zero-order valence-corrected chi connectivity index (χ0v) is 14.5. The average Bonchev–Trinajstić information content (AvgIpc) is 2.67. The Morgan fingerprint density at radius 2 is 1.89 bits per heavy atom. The molecular formula is C18H18N2O7. The minimum Gasteiger partial charge on any atom is -0.493 e. The maximum Gasteiger partial charge on any atom is 0.342 e. The molecule has 0 heterocycles. The molecule has 0 bridgehead atoms. The number of nitro benzene ring substituents is 1. The third kappa shape index (κ3) is 5.18. The zero-order chi connectivity index (χ0) is 19.8. The highest BCUT2D eigenvalue weighted by Gasteiger charge is 2.24. The van der Waals surface area contributed by atoms with Crippen molar-refractivity contribution < 1.29 is 29.1 Å². The van der Waals surface area contributed by atoms with Gasteiger partial charge in [-0.05, 0) is 18.6 Å². The SMILES string of the molecule is COc1cc([N+](=O)[O-])c(C(=O)O)cc1OCCCNC(=O)c1ccccc1. The number of methoxy groups -OCH3 is 1. The van der Waals surface area contributed by atoms with Gasteiger partial charge in [0.2, 0.25) is 0 Å². The van der Waals surface area contributed by atoms with Crippen LogP contribution < -0.4 is 14.8 Å². The van der Waals surface area contributed by atoms with Crippen LogP contribution in [0.25, 0.3) is 0 Å². The fourth-order valence-corrected chi connectivity index (χ4v) is 2.29. The molecule has 27 heavy (non-hydrogen) atoms. The van der Waals surface area contributed by atoms with Crippen LogP contribution in [-0.2, 0) is 0 Å². The minimum atomic E-state index is -1.44. The first-order valence-corrected chi connectivity index (χ1v) is 7.99. The quantitative estimate of drug-likeness (QED) is 0.392. The van der Waals surface area contributed by atoms with Crippen molar-refractivity contribution in [2.24, 2.45) is 0 Å². The number of amides is 1. The summed E-state index contributed by atoms with van der Waals surface area (Å²) in [5.74, 6) is -1.52. The summed E-state index contributed by atoms with van der Waals surface area (Å²) in [7, 11) is 1.30. The molecule has 0 aliphatic carbocycles. The van der Waals surface area contributed by atoms with E-state index in [1.54, 1.807) is 24.3 Å². The van der Waals surface area contributed by atoms with E-state index in [0.29, 0.717) is 18.5 Å². The number of aromatic carboxylic acids is 1. The van der Waals surface area contributed by atoms with Crippen molar-refractivity contribution in [2.45, 2.75) is 6.42 Å². The summed E-state index contributed by atoms with van der Waals surface area (Å²) in [5, 5.41) is 22.9. The van der Waals surface area contributed by atoms with Gasteiger partial charge in [-0.15, -0.1) is 0 Å². The normalized spacial score (nSPS) is 10.1. The lowest BCUT2D eigenvalue weighted by Crippen LogP contribution is -2.25. The number of rotatable bonds is 9. The Bertz CT molecular complexity index is 837. The van der Waals surface area contributed by atoms with E-state index < -0.39 is 22.1 Å². The number of nitrogens with zero attached hydrogens (tertiary/aromatic N) is 1. The molecule has 0 fully saturated rings. The van der Waals surface area contributed by atoms with Gasteiger partial charge in [0.25, 0.3) is 11.6 Å². The molecule has 2 N–H and O–H groups in total. The second-order valence-electron chi connectivity index (χ2n) is 5.41. The second-order valence-corrected chi connectivity index (χ2v) is 5.41. The van der Waals surface area contributed by atoms with Crippen LogP contribution in [0.4, 0.5) is 5.69 Å².